The highest BCUT2D eigenvalue weighted by molar-refractivity contribution is 7.79. The van der Waals surface area contributed by atoms with E-state index >= 15 is 0 Å². The molecule has 0 aliphatic carbocycles. The topological polar surface area (TPSA) is 74.2 Å². The summed E-state index contributed by atoms with van der Waals surface area (Å²) >= 11 is 3.53. The van der Waals surface area contributed by atoms with Gasteiger partial charge in [0, 0.05) is 40.9 Å². The Morgan fingerprint density at radius 3 is 2.20 bits per heavy atom. The number of benzene rings is 3. The molecule has 0 radical (unpaired) electrons. The molecule has 5 nitrogen and oxygen atoms in total. The number of fused-ring (bicyclic) bond motifs is 1. The number of hydrogen-bond donors (Lipinski definition) is 4. The number of hydrogen-bond acceptors (Lipinski definition) is 4. The highest BCUT2D eigenvalue weighted by Gasteiger charge is 2.18. The van der Waals surface area contributed by atoms with E-state index in [-0.39, 0.29) is 5.91 Å². The van der Waals surface area contributed by atoms with Crippen LogP contribution in [0.4, 0.5) is 5.69 Å². The van der Waals surface area contributed by atoms with Crippen molar-refractivity contribution in [2.24, 2.45) is 0 Å². The maximum absolute atomic E-state index is 13.1. The zero-order chi connectivity index (χ0) is 29.1. The summed E-state index contributed by atoms with van der Waals surface area (Å²) in [5.74, 6) is 0.0937. The van der Waals surface area contributed by atoms with Gasteiger partial charge in [0.05, 0.1) is 0 Å². The monoisotopic (exact) mass is 558 g/mol. The molecule has 40 heavy (non-hydrogen) atoms. The molecule has 0 saturated carbocycles. The maximum Gasteiger partial charge on any atom is 0.253 e. The van der Waals surface area contributed by atoms with Gasteiger partial charge in [-0.1, -0.05) is 29.3 Å². The Balaban J connectivity index is 0.00000216. The largest absolute Gasteiger partial charge is 0.399 e. The third kappa shape index (κ3) is 8.15. The number of nitrogen functional groups attached to an aromatic ring is 1. The number of aryl methyl sites for hydroxylation is 3. The molecular formula is C34H46N4OS. The third-order valence-corrected chi connectivity index (χ3v) is 7.31. The Morgan fingerprint density at radius 2 is 1.55 bits per heavy atom. The van der Waals surface area contributed by atoms with Crippen LogP contribution in [0.1, 0.15) is 59.3 Å². The number of thiol groups is 1. The first-order valence-electron chi connectivity index (χ1n) is 14.4. The minimum Gasteiger partial charge on any atom is -0.399 e. The van der Waals surface area contributed by atoms with Crippen LogP contribution >= 0.6 is 12.6 Å². The van der Waals surface area contributed by atoms with Gasteiger partial charge >= 0.3 is 0 Å². The summed E-state index contributed by atoms with van der Waals surface area (Å²) in [4.78, 5) is 18.7. The molecule has 1 amide bonds. The van der Waals surface area contributed by atoms with E-state index in [4.69, 9.17) is 5.73 Å². The predicted octanol–water partition coefficient (Wildman–Crippen LogP) is 7.22. The van der Waals surface area contributed by atoms with E-state index in [0.717, 1.165) is 66.6 Å². The Hall–Kier alpha value is -3.22. The predicted molar refractivity (Wildman–Crippen MR) is 176 cm³/mol. The van der Waals surface area contributed by atoms with Gasteiger partial charge in [0.2, 0.25) is 0 Å². The number of H-pyrrole nitrogens is 1. The van der Waals surface area contributed by atoms with Crippen LogP contribution in [0, 0.1) is 13.8 Å². The van der Waals surface area contributed by atoms with Gasteiger partial charge in [-0.25, -0.2) is 0 Å². The van der Waals surface area contributed by atoms with Crippen LogP contribution in [0.3, 0.4) is 0 Å². The van der Waals surface area contributed by atoms with E-state index in [9.17, 15) is 4.79 Å². The lowest BCUT2D eigenvalue weighted by atomic mass is 9.98. The minimum absolute atomic E-state index is 0.0937. The van der Waals surface area contributed by atoms with Crippen LogP contribution in [0.15, 0.2) is 60.7 Å². The van der Waals surface area contributed by atoms with Gasteiger partial charge in [0.1, 0.15) is 0 Å². The SMILES string of the molecule is CCN(CC)C(=O)c1ccc2[nH]c(-c3cc(C)cc(C)c3)c(CCNCCCCc3ccc(N)cc3)c2c1.CS. The Morgan fingerprint density at radius 1 is 0.875 bits per heavy atom. The maximum atomic E-state index is 13.1. The molecule has 0 saturated heterocycles. The second-order valence-electron chi connectivity index (χ2n) is 10.3. The number of unbranched alkanes of at least 4 members (excludes halogenated alkanes) is 1. The van der Waals surface area contributed by atoms with Gasteiger partial charge in [-0.15, -0.1) is 0 Å². The minimum atomic E-state index is 0.0937. The molecule has 0 bridgehead atoms. The van der Waals surface area contributed by atoms with Crippen molar-refractivity contribution in [3.8, 4) is 11.3 Å². The van der Waals surface area contributed by atoms with Crippen molar-refractivity contribution < 1.29 is 4.79 Å². The number of anilines is 1. The van der Waals surface area contributed by atoms with Crippen molar-refractivity contribution in [1.82, 2.24) is 15.2 Å². The number of nitrogens with two attached hydrogens (primary N) is 1. The summed E-state index contributed by atoms with van der Waals surface area (Å²) in [7, 11) is 0. The molecular weight excluding hydrogens is 512 g/mol. The fourth-order valence-electron chi connectivity index (χ4n) is 5.30. The first kappa shape index (κ1) is 31.3. The third-order valence-electron chi connectivity index (χ3n) is 7.31. The van der Waals surface area contributed by atoms with Gasteiger partial charge in [0.15, 0.2) is 0 Å². The first-order chi connectivity index (χ1) is 19.4. The highest BCUT2D eigenvalue weighted by atomic mass is 32.1. The number of carbonyl (C=O) groups is 1. The molecule has 214 valence electrons. The average molecular weight is 559 g/mol. The summed E-state index contributed by atoms with van der Waals surface area (Å²) in [5, 5.41) is 4.79. The average Bonchev–Trinajstić information content (AvgIpc) is 3.32. The number of nitrogens with one attached hydrogen (secondary N) is 2. The van der Waals surface area contributed by atoms with Gasteiger partial charge in [-0.2, -0.15) is 12.6 Å². The molecule has 0 atom stereocenters. The van der Waals surface area contributed by atoms with Crippen LogP contribution in [-0.2, 0) is 12.8 Å². The smallest absolute Gasteiger partial charge is 0.253 e. The lowest BCUT2D eigenvalue weighted by molar-refractivity contribution is 0.0773. The molecule has 1 aromatic heterocycles. The van der Waals surface area contributed by atoms with E-state index in [2.05, 4.69) is 79.2 Å². The van der Waals surface area contributed by atoms with Gasteiger partial charge in [-0.3, -0.25) is 4.79 Å². The van der Waals surface area contributed by atoms with Crippen molar-refractivity contribution in [3.63, 3.8) is 0 Å². The Bertz CT molecular complexity index is 1350. The van der Waals surface area contributed by atoms with Gasteiger partial charge in [-0.05, 0) is 132 Å². The van der Waals surface area contributed by atoms with E-state index in [1.807, 2.05) is 36.9 Å². The van der Waals surface area contributed by atoms with Crippen molar-refractivity contribution in [1.29, 1.82) is 0 Å². The number of nitrogens with zero attached hydrogens (tertiary/aromatic N) is 1. The zero-order valence-electron chi connectivity index (χ0n) is 24.8. The van der Waals surface area contributed by atoms with Crippen molar-refractivity contribution in [2.45, 2.75) is 53.4 Å². The summed E-state index contributed by atoms with van der Waals surface area (Å²) in [6.45, 7) is 11.6. The molecule has 0 aliphatic heterocycles. The highest BCUT2D eigenvalue weighted by Crippen LogP contribution is 2.32. The van der Waals surface area contributed by atoms with E-state index in [0.29, 0.717) is 13.1 Å². The molecule has 0 aliphatic rings. The van der Waals surface area contributed by atoms with Crippen LogP contribution < -0.4 is 11.1 Å². The standard InChI is InChI=1S/C33H42N4O.CH4S/c1-5-37(6-2)33(38)26-12-15-31-30(22-26)29(32(36-31)27-20-23(3)19-24(4)21-27)16-18-35-17-8-7-9-25-10-13-28(34)14-11-25;1-2/h10-15,19-22,35-36H,5-9,16-18,34H2,1-4H3;2H,1H3. The second-order valence-corrected chi connectivity index (χ2v) is 10.3. The summed E-state index contributed by atoms with van der Waals surface area (Å²) in [5.41, 5.74) is 15.9. The summed E-state index contributed by atoms with van der Waals surface area (Å²) in [6, 6.07) is 21.0. The van der Waals surface area contributed by atoms with Crippen molar-refractivity contribution >= 4 is 35.1 Å². The molecule has 6 heteroatoms. The number of aromatic nitrogens is 1. The Kier molecular flexibility index (Phi) is 12.2. The fourth-order valence-corrected chi connectivity index (χ4v) is 5.30. The molecule has 4 rings (SSSR count). The fraction of sp³-hybridized carbons (Fsp3) is 0.382. The van der Waals surface area contributed by atoms with E-state index in [1.54, 1.807) is 6.26 Å². The second kappa shape index (κ2) is 15.5. The van der Waals surface area contributed by atoms with Crippen LogP contribution in [-0.4, -0.2) is 48.2 Å². The molecule has 4 aromatic rings. The molecule has 3 aromatic carbocycles. The van der Waals surface area contributed by atoms with Crippen molar-refractivity contribution in [3.05, 3.63) is 88.5 Å². The van der Waals surface area contributed by atoms with E-state index in [1.165, 1.54) is 27.8 Å². The van der Waals surface area contributed by atoms with Crippen LogP contribution in [0.2, 0.25) is 0 Å². The van der Waals surface area contributed by atoms with Crippen molar-refractivity contribution in [2.75, 3.05) is 38.2 Å². The number of aromatic amines is 1. The van der Waals surface area contributed by atoms with Crippen LogP contribution in [0.25, 0.3) is 22.2 Å². The molecule has 0 unspecified atom stereocenters. The first-order valence-corrected chi connectivity index (χ1v) is 15.3. The summed E-state index contributed by atoms with van der Waals surface area (Å²) in [6.07, 6.45) is 5.94. The van der Waals surface area contributed by atoms with Gasteiger partial charge < -0.3 is 20.9 Å². The molecule has 0 fully saturated rings. The van der Waals surface area contributed by atoms with E-state index < -0.39 is 0 Å². The number of carbonyl (C=O) groups excluding carboxylic acids is 1. The number of amides is 1. The molecule has 4 N–H and O–H groups in total. The summed E-state index contributed by atoms with van der Waals surface area (Å²) < 4.78 is 0. The number of rotatable bonds is 12. The lowest BCUT2D eigenvalue weighted by Gasteiger charge is -2.18. The quantitative estimate of drug-likeness (QED) is 0.0843. The zero-order valence-corrected chi connectivity index (χ0v) is 25.7. The van der Waals surface area contributed by atoms with Gasteiger partial charge in [0.25, 0.3) is 5.91 Å². The molecule has 1 heterocycles. The normalized spacial score (nSPS) is 10.8. The van der Waals surface area contributed by atoms with Crippen LogP contribution in [0.5, 0.6) is 0 Å². The Labute approximate surface area is 246 Å². The molecule has 0 spiro atoms. The lowest BCUT2D eigenvalue weighted by Crippen LogP contribution is -2.30.